The Morgan fingerprint density at radius 3 is 2.81 bits per heavy atom. The van der Waals surface area contributed by atoms with Crippen molar-refractivity contribution in [3.8, 4) is 0 Å². The number of rotatable bonds is 2. The third-order valence-corrected chi connectivity index (χ3v) is 2.93. The summed E-state index contributed by atoms with van der Waals surface area (Å²) in [6, 6.07) is 0. The Kier molecular flexibility index (Phi) is 3.03. The zero-order valence-electron chi connectivity index (χ0n) is 9.45. The van der Waals surface area contributed by atoms with Gasteiger partial charge < -0.3 is 4.90 Å². The van der Waals surface area contributed by atoms with Crippen LogP contribution >= 0.6 is 0 Å². The molecule has 16 heavy (non-hydrogen) atoms. The Balaban J connectivity index is 2.17. The molecular formula is C11H15F2N3. The van der Waals surface area contributed by atoms with Crippen molar-refractivity contribution in [3.05, 3.63) is 17.6 Å². The van der Waals surface area contributed by atoms with Crippen molar-refractivity contribution in [2.45, 2.75) is 26.7 Å². The molecule has 1 unspecified atom stereocenters. The molecule has 0 aromatic carbocycles. The maximum Gasteiger partial charge on any atom is 0.243 e. The molecule has 3 nitrogen and oxygen atoms in total. The summed E-state index contributed by atoms with van der Waals surface area (Å²) < 4.78 is 25.1. The highest BCUT2D eigenvalue weighted by Crippen LogP contribution is 2.27. The van der Waals surface area contributed by atoms with Gasteiger partial charge in [-0.15, -0.1) is 0 Å². The molecule has 0 amide bonds. The number of aryl methyl sites for hydroxylation is 2. The molecule has 0 radical (unpaired) electrons. The summed E-state index contributed by atoms with van der Waals surface area (Å²) in [7, 11) is 0. The Hall–Kier alpha value is -1.26. The number of anilines is 1. The molecule has 1 saturated heterocycles. The van der Waals surface area contributed by atoms with E-state index >= 15 is 0 Å². The second-order valence-electron chi connectivity index (χ2n) is 4.25. The lowest BCUT2D eigenvalue weighted by Gasteiger charge is -2.19. The molecule has 5 heteroatoms. The van der Waals surface area contributed by atoms with Crippen LogP contribution in [0.2, 0.25) is 0 Å². The molecule has 88 valence electrons. The number of hydrogen-bond donors (Lipinski definition) is 0. The quantitative estimate of drug-likeness (QED) is 0.775. The van der Waals surface area contributed by atoms with Gasteiger partial charge in [-0.05, 0) is 20.3 Å². The Morgan fingerprint density at radius 1 is 1.44 bits per heavy atom. The van der Waals surface area contributed by atoms with Crippen LogP contribution in [-0.4, -0.2) is 29.5 Å². The van der Waals surface area contributed by atoms with Crippen LogP contribution in [0, 0.1) is 19.8 Å². The molecule has 1 aromatic heterocycles. The fourth-order valence-corrected chi connectivity index (χ4v) is 2.01. The smallest absolute Gasteiger partial charge is 0.243 e. The van der Waals surface area contributed by atoms with Crippen LogP contribution in [0.5, 0.6) is 0 Å². The van der Waals surface area contributed by atoms with Gasteiger partial charge in [-0.25, -0.2) is 13.8 Å². The number of halogens is 2. The third kappa shape index (κ3) is 2.13. The Labute approximate surface area is 93.5 Å². The molecule has 1 aromatic rings. The van der Waals surface area contributed by atoms with Gasteiger partial charge in [0.25, 0.3) is 0 Å². The first-order valence-electron chi connectivity index (χ1n) is 5.41. The minimum absolute atomic E-state index is 0.386. The first-order chi connectivity index (χ1) is 7.58. The summed E-state index contributed by atoms with van der Waals surface area (Å²) in [6.07, 6.45) is -0.00486. The Bertz CT molecular complexity index is 381. The van der Waals surface area contributed by atoms with E-state index in [1.54, 1.807) is 6.20 Å². The normalized spacial score (nSPS) is 20.8. The van der Waals surface area contributed by atoms with Gasteiger partial charge in [-0.3, -0.25) is 4.98 Å². The van der Waals surface area contributed by atoms with Gasteiger partial charge in [-0.2, -0.15) is 0 Å². The monoisotopic (exact) mass is 227 g/mol. The average molecular weight is 227 g/mol. The van der Waals surface area contributed by atoms with E-state index in [1.807, 2.05) is 18.7 Å². The predicted molar refractivity (Wildman–Crippen MR) is 57.8 cm³/mol. The van der Waals surface area contributed by atoms with Gasteiger partial charge >= 0.3 is 0 Å². The fraction of sp³-hybridized carbons (Fsp3) is 0.636. The van der Waals surface area contributed by atoms with E-state index in [4.69, 9.17) is 0 Å². The third-order valence-electron chi connectivity index (χ3n) is 2.93. The van der Waals surface area contributed by atoms with Crippen molar-refractivity contribution in [1.82, 2.24) is 9.97 Å². The molecule has 1 aliphatic heterocycles. The van der Waals surface area contributed by atoms with Crippen LogP contribution in [0.1, 0.15) is 17.8 Å². The molecular weight excluding hydrogens is 212 g/mol. The highest BCUT2D eigenvalue weighted by atomic mass is 19.3. The van der Waals surface area contributed by atoms with Crippen LogP contribution in [-0.2, 0) is 0 Å². The van der Waals surface area contributed by atoms with Gasteiger partial charge in [0.15, 0.2) is 0 Å². The largest absolute Gasteiger partial charge is 0.355 e. The molecule has 0 spiro atoms. The first kappa shape index (κ1) is 11.2. The summed E-state index contributed by atoms with van der Waals surface area (Å²) in [5.41, 5.74) is 1.63. The van der Waals surface area contributed by atoms with Crippen LogP contribution in [0.25, 0.3) is 0 Å². The van der Waals surface area contributed by atoms with E-state index in [2.05, 4.69) is 9.97 Å². The number of aromatic nitrogens is 2. The maximum atomic E-state index is 12.5. The van der Waals surface area contributed by atoms with Gasteiger partial charge in [0.05, 0.1) is 11.4 Å². The first-order valence-corrected chi connectivity index (χ1v) is 5.41. The lowest BCUT2D eigenvalue weighted by molar-refractivity contribution is 0.0880. The van der Waals surface area contributed by atoms with Gasteiger partial charge in [0.1, 0.15) is 5.82 Å². The van der Waals surface area contributed by atoms with Crippen molar-refractivity contribution >= 4 is 5.82 Å². The highest BCUT2D eigenvalue weighted by molar-refractivity contribution is 5.44. The molecule has 2 heterocycles. The number of hydrogen-bond acceptors (Lipinski definition) is 3. The van der Waals surface area contributed by atoms with Crippen LogP contribution in [0.15, 0.2) is 6.20 Å². The minimum atomic E-state index is -2.23. The molecule has 1 aliphatic rings. The van der Waals surface area contributed by atoms with E-state index in [1.165, 1.54) is 0 Å². The van der Waals surface area contributed by atoms with Crippen molar-refractivity contribution in [3.63, 3.8) is 0 Å². The second kappa shape index (κ2) is 4.31. The summed E-state index contributed by atoms with van der Waals surface area (Å²) in [5.74, 6) is 0.227. The predicted octanol–water partition coefficient (Wildman–Crippen LogP) is 2.18. The topological polar surface area (TPSA) is 29.0 Å². The van der Waals surface area contributed by atoms with Gasteiger partial charge in [-0.1, -0.05) is 0 Å². The molecule has 0 N–H and O–H groups in total. The molecule has 2 rings (SSSR count). The highest BCUT2D eigenvalue weighted by Gasteiger charge is 2.30. The zero-order chi connectivity index (χ0) is 11.7. The van der Waals surface area contributed by atoms with Crippen molar-refractivity contribution in [2.75, 3.05) is 18.0 Å². The molecule has 0 bridgehead atoms. The summed E-state index contributed by atoms with van der Waals surface area (Å²) in [5, 5.41) is 0. The molecule has 0 aliphatic carbocycles. The minimum Gasteiger partial charge on any atom is -0.355 e. The zero-order valence-corrected chi connectivity index (χ0v) is 9.45. The standard InChI is InChI=1S/C11H15F2N3/c1-7-5-14-8(2)11(15-7)16-4-3-9(6-16)10(12)13/h5,9-10H,3-4,6H2,1-2H3. The van der Waals surface area contributed by atoms with Crippen molar-refractivity contribution in [2.24, 2.45) is 5.92 Å². The van der Waals surface area contributed by atoms with E-state index in [0.717, 1.165) is 17.2 Å². The lowest BCUT2D eigenvalue weighted by atomic mass is 10.1. The van der Waals surface area contributed by atoms with E-state index in [0.29, 0.717) is 19.5 Å². The molecule has 1 fully saturated rings. The summed E-state index contributed by atoms with van der Waals surface area (Å²) >= 11 is 0. The van der Waals surface area contributed by atoms with Gasteiger partial charge in [0, 0.05) is 25.2 Å². The molecule has 0 saturated carbocycles. The lowest BCUT2D eigenvalue weighted by Crippen LogP contribution is -2.24. The van der Waals surface area contributed by atoms with Crippen molar-refractivity contribution < 1.29 is 8.78 Å². The van der Waals surface area contributed by atoms with E-state index in [9.17, 15) is 8.78 Å². The van der Waals surface area contributed by atoms with E-state index in [-0.39, 0.29) is 0 Å². The van der Waals surface area contributed by atoms with Crippen LogP contribution in [0.3, 0.4) is 0 Å². The van der Waals surface area contributed by atoms with Gasteiger partial charge in [0.2, 0.25) is 6.43 Å². The Morgan fingerprint density at radius 2 is 2.19 bits per heavy atom. The van der Waals surface area contributed by atoms with Crippen molar-refractivity contribution in [1.29, 1.82) is 0 Å². The second-order valence-corrected chi connectivity index (χ2v) is 4.25. The SMILES string of the molecule is Cc1cnc(C)c(N2CCC(C(F)F)C2)n1. The summed E-state index contributed by atoms with van der Waals surface area (Å²) in [4.78, 5) is 10.5. The van der Waals surface area contributed by atoms with Crippen LogP contribution in [0.4, 0.5) is 14.6 Å². The number of nitrogens with zero attached hydrogens (tertiary/aromatic N) is 3. The summed E-state index contributed by atoms with van der Waals surface area (Å²) in [6.45, 7) is 4.75. The fourth-order valence-electron chi connectivity index (χ4n) is 2.01. The molecule has 1 atom stereocenters. The van der Waals surface area contributed by atoms with Crippen LogP contribution < -0.4 is 4.90 Å². The van der Waals surface area contributed by atoms with E-state index < -0.39 is 12.3 Å². The average Bonchev–Trinajstić information content (AvgIpc) is 2.70. The maximum absolute atomic E-state index is 12.5. The number of alkyl halides is 2.